The average molecular weight is 425 g/mol. The molecule has 158 valence electrons. The van der Waals surface area contributed by atoms with Gasteiger partial charge in [0.25, 0.3) is 5.91 Å². The van der Waals surface area contributed by atoms with Crippen molar-refractivity contribution < 1.29 is 22.7 Å². The number of nitrogens with one attached hydrogen (secondary N) is 1. The first kappa shape index (κ1) is 20.5. The molecule has 8 heteroatoms. The molecule has 0 saturated heterocycles. The van der Waals surface area contributed by atoms with Crippen LogP contribution < -0.4 is 10.1 Å². The second-order valence-corrected chi connectivity index (χ2v) is 6.87. The maximum absolute atomic E-state index is 12.8. The molecule has 0 atom stereocenters. The number of halogens is 3. The SMILES string of the molecule is COc1ccccc1C(=O)Nc1nn(Cc2ccc(C(F)(F)F)cc2)c2ccccc12. The number of nitrogens with zero attached hydrogens (tertiary/aromatic N) is 2. The van der Waals surface area contributed by atoms with Gasteiger partial charge < -0.3 is 10.1 Å². The lowest BCUT2D eigenvalue weighted by Crippen LogP contribution is -2.14. The second-order valence-electron chi connectivity index (χ2n) is 6.87. The van der Waals surface area contributed by atoms with Gasteiger partial charge in [-0.2, -0.15) is 18.3 Å². The predicted molar refractivity (Wildman–Crippen MR) is 111 cm³/mol. The van der Waals surface area contributed by atoms with Crippen LogP contribution >= 0.6 is 0 Å². The standard InChI is InChI=1S/C23H18F3N3O2/c1-31-20-9-5-3-7-18(20)22(30)27-21-17-6-2-4-8-19(17)29(28-21)14-15-10-12-16(13-11-15)23(24,25)26/h2-13H,14H2,1H3,(H,27,28,30). The van der Waals surface area contributed by atoms with Crippen LogP contribution in [0, 0.1) is 0 Å². The molecule has 0 bridgehead atoms. The Kier molecular flexibility index (Phi) is 5.37. The Morgan fingerprint density at radius 3 is 2.39 bits per heavy atom. The van der Waals surface area contributed by atoms with Gasteiger partial charge in [0.05, 0.1) is 30.3 Å². The van der Waals surface area contributed by atoms with Crippen molar-refractivity contribution >= 4 is 22.6 Å². The second kappa shape index (κ2) is 8.14. The van der Waals surface area contributed by atoms with E-state index in [9.17, 15) is 18.0 Å². The molecule has 1 aromatic heterocycles. The van der Waals surface area contributed by atoms with Crippen molar-refractivity contribution in [2.75, 3.05) is 12.4 Å². The van der Waals surface area contributed by atoms with Crippen molar-refractivity contribution in [2.24, 2.45) is 0 Å². The number of carbonyl (C=O) groups excluding carboxylic acids is 1. The lowest BCUT2D eigenvalue weighted by atomic mass is 10.1. The number of aromatic nitrogens is 2. The number of para-hydroxylation sites is 2. The van der Waals surface area contributed by atoms with Crippen molar-refractivity contribution in [3.63, 3.8) is 0 Å². The van der Waals surface area contributed by atoms with Gasteiger partial charge in [0.15, 0.2) is 5.82 Å². The number of amides is 1. The third-order valence-electron chi connectivity index (χ3n) is 4.86. The molecule has 31 heavy (non-hydrogen) atoms. The Morgan fingerprint density at radius 1 is 1.00 bits per heavy atom. The zero-order chi connectivity index (χ0) is 22.0. The minimum atomic E-state index is -4.38. The van der Waals surface area contributed by atoms with Crippen LogP contribution in [0.1, 0.15) is 21.5 Å². The zero-order valence-electron chi connectivity index (χ0n) is 16.5. The molecule has 0 aliphatic carbocycles. The topological polar surface area (TPSA) is 56.1 Å². The van der Waals surface area contributed by atoms with E-state index in [1.54, 1.807) is 28.9 Å². The molecular weight excluding hydrogens is 407 g/mol. The quantitative estimate of drug-likeness (QED) is 0.468. The number of methoxy groups -OCH3 is 1. The summed E-state index contributed by atoms with van der Waals surface area (Å²) in [6.07, 6.45) is -4.38. The summed E-state index contributed by atoms with van der Waals surface area (Å²) in [5.74, 6) is 0.425. The fourth-order valence-electron chi connectivity index (χ4n) is 3.32. The lowest BCUT2D eigenvalue weighted by Gasteiger charge is -2.08. The number of rotatable bonds is 5. The minimum Gasteiger partial charge on any atom is -0.496 e. The van der Waals surface area contributed by atoms with Crippen molar-refractivity contribution in [2.45, 2.75) is 12.7 Å². The molecule has 5 nitrogen and oxygen atoms in total. The number of hydrogen-bond acceptors (Lipinski definition) is 3. The third-order valence-corrected chi connectivity index (χ3v) is 4.86. The molecule has 0 unspecified atom stereocenters. The number of benzene rings is 3. The minimum absolute atomic E-state index is 0.253. The Bertz CT molecular complexity index is 1230. The summed E-state index contributed by atoms with van der Waals surface area (Å²) in [5, 5.41) is 8.03. The largest absolute Gasteiger partial charge is 0.496 e. The number of alkyl halides is 3. The normalized spacial score (nSPS) is 11.5. The number of fused-ring (bicyclic) bond motifs is 1. The Hall–Kier alpha value is -3.81. The van der Waals surface area contributed by atoms with E-state index in [0.29, 0.717) is 22.7 Å². The van der Waals surface area contributed by atoms with Crippen molar-refractivity contribution in [3.05, 3.63) is 89.5 Å². The Morgan fingerprint density at radius 2 is 1.68 bits per heavy atom. The van der Waals surface area contributed by atoms with Crippen LogP contribution in [0.15, 0.2) is 72.8 Å². The van der Waals surface area contributed by atoms with Crippen molar-refractivity contribution in [3.8, 4) is 5.75 Å². The van der Waals surface area contributed by atoms with Gasteiger partial charge in [-0.05, 0) is 42.0 Å². The highest BCUT2D eigenvalue weighted by Gasteiger charge is 2.30. The van der Waals surface area contributed by atoms with Crippen LogP contribution in [0.2, 0.25) is 0 Å². The molecule has 0 saturated carbocycles. The monoisotopic (exact) mass is 425 g/mol. The van der Waals surface area contributed by atoms with Gasteiger partial charge in [0.2, 0.25) is 0 Å². The summed E-state index contributed by atoms with van der Waals surface area (Å²) >= 11 is 0. The molecule has 1 amide bonds. The van der Waals surface area contributed by atoms with Gasteiger partial charge >= 0.3 is 6.18 Å². The molecule has 0 fully saturated rings. The fraction of sp³-hybridized carbons (Fsp3) is 0.130. The van der Waals surface area contributed by atoms with Crippen molar-refractivity contribution in [1.29, 1.82) is 0 Å². The molecule has 3 aromatic carbocycles. The molecule has 1 N–H and O–H groups in total. The fourth-order valence-corrected chi connectivity index (χ4v) is 3.32. The van der Waals surface area contributed by atoms with Crippen LogP contribution in [-0.4, -0.2) is 22.8 Å². The highest BCUT2D eigenvalue weighted by Crippen LogP contribution is 2.30. The van der Waals surface area contributed by atoms with Crippen LogP contribution in [0.3, 0.4) is 0 Å². The molecule has 1 heterocycles. The van der Waals surface area contributed by atoms with E-state index in [-0.39, 0.29) is 12.5 Å². The summed E-state index contributed by atoms with van der Waals surface area (Å²) in [6.45, 7) is 0.253. The number of hydrogen-bond donors (Lipinski definition) is 1. The van der Waals surface area contributed by atoms with E-state index in [1.807, 2.05) is 24.3 Å². The van der Waals surface area contributed by atoms with E-state index >= 15 is 0 Å². The Balaban J connectivity index is 1.64. The van der Waals surface area contributed by atoms with Gasteiger partial charge in [0.1, 0.15) is 5.75 Å². The van der Waals surface area contributed by atoms with E-state index in [4.69, 9.17) is 4.74 Å². The van der Waals surface area contributed by atoms with E-state index < -0.39 is 11.7 Å². The lowest BCUT2D eigenvalue weighted by molar-refractivity contribution is -0.137. The number of anilines is 1. The maximum Gasteiger partial charge on any atom is 0.416 e. The van der Waals surface area contributed by atoms with Crippen LogP contribution in [0.25, 0.3) is 10.9 Å². The highest BCUT2D eigenvalue weighted by atomic mass is 19.4. The number of carbonyl (C=O) groups is 1. The van der Waals surface area contributed by atoms with Gasteiger partial charge in [-0.3, -0.25) is 9.48 Å². The van der Waals surface area contributed by atoms with Crippen LogP contribution in [-0.2, 0) is 12.7 Å². The van der Waals surface area contributed by atoms with Gasteiger partial charge in [-0.1, -0.05) is 36.4 Å². The Labute approximate surface area is 176 Å². The van der Waals surface area contributed by atoms with Crippen molar-refractivity contribution in [1.82, 2.24) is 9.78 Å². The number of ether oxygens (including phenoxy) is 1. The van der Waals surface area contributed by atoms with E-state index in [2.05, 4.69) is 10.4 Å². The first-order valence-electron chi connectivity index (χ1n) is 9.43. The predicted octanol–water partition coefficient (Wildman–Crippen LogP) is 5.36. The molecule has 4 rings (SSSR count). The van der Waals surface area contributed by atoms with E-state index in [1.165, 1.54) is 19.2 Å². The van der Waals surface area contributed by atoms with Gasteiger partial charge in [0, 0.05) is 5.39 Å². The molecule has 0 radical (unpaired) electrons. The first-order valence-corrected chi connectivity index (χ1v) is 9.43. The highest BCUT2D eigenvalue weighted by molar-refractivity contribution is 6.09. The maximum atomic E-state index is 12.8. The van der Waals surface area contributed by atoms with E-state index in [0.717, 1.165) is 23.0 Å². The summed E-state index contributed by atoms with van der Waals surface area (Å²) in [5.41, 5.74) is 1.07. The molecule has 0 aliphatic heterocycles. The third kappa shape index (κ3) is 4.23. The van der Waals surface area contributed by atoms with Gasteiger partial charge in [-0.15, -0.1) is 0 Å². The van der Waals surface area contributed by atoms with Gasteiger partial charge in [-0.25, -0.2) is 0 Å². The molecule has 0 spiro atoms. The summed E-state index contributed by atoms with van der Waals surface area (Å²) in [4.78, 5) is 12.8. The van der Waals surface area contributed by atoms with Crippen LogP contribution in [0.4, 0.5) is 19.0 Å². The summed E-state index contributed by atoms with van der Waals surface area (Å²) < 4.78 is 45.3. The summed E-state index contributed by atoms with van der Waals surface area (Å²) in [7, 11) is 1.49. The average Bonchev–Trinajstić information content (AvgIpc) is 3.10. The molecule has 4 aromatic rings. The molecular formula is C23H18F3N3O2. The summed E-state index contributed by atoms with van der Waals surface area (Å²) in [6, 6.07) is 19.1. The first-order chi connectivity index (χ1) is 14.9. The zero-order valence-corrected chi connectivity index (χ0v) is 16.5. The molecule has 0 aliphatic rings. The van der Waals surface area contributed by atoms with Crippen LogP contribution in [0.5, 0.6) is 5.75 Å². The smallest absolute Gasteiger partial charge is 0.416 e.